The van der Waals surface area contributed by atoms with Gasteiger partial charge in [0, 0.05) is 30.4 Å². The number of amides is 2. The Bertz CT molecular complexity index is 969. The lowest BCUT2D eigenvalue weighted by Crippen LogP contribution is -2.56. The Balaban J connectivity index is 1.72. The number of likely N-dealkylation sites (tertiary alicyclic amines) is 1. The third kappa shape index (κ3) is 4.47. The van der Waals surface area contributed by atoms with Crippen LogP contribution in [0.3, 0.4) is 0 Å². The number of hydrogen-bond donors (Lipinski definition) is 1. The van der Waals surface area contributed by atoms with E-state index in [2.05, 4.69) is 6.58 Å². The van der Waals surface area contributed by atoms with Crippen molar-refractivity contribution in [2.75, 3.05) is 31.2 Å². The topological polar surface area (TPSA) is 96.4 Å². The molecule has 5 atom stereocenters. The minimum atomic E-state index is -1.07. The summed E-state index contributed by atoms with van der Waals surface area (Å²) in [7, 11) is 0. The maximum Gasteiger partial charge on any atom is 0.312 e. The number of benzene rings is 1. The molecule has 3 aliphatic heterocycles. The first-order valence-corrected chi connectivity index (χ1v) is 12.7. The van der Waals surface area contributed by atoms with Gasteiger partial charge >= 0.3 is 5.97 Å². The van der Waals surface area contributed by atoms with E-state index in [0.717, 1.165) is 6.42 Å². The average molecular weight is 505 g/mol. The molecule has 0 aliphatic carbocycles. The summed E-state index contributed by atoms with van der Waals surface area (Å²) in [6.07, 6.45) is 4.29. The van der Waals surface area contributed by atoms with Crippen LogP contribution in [0.1, 0.15) is 39.0 Å². The van der Waals surface area contributed by atoms with Gasteiger partial charge in [-0.2, -0.15) is 0 Å². The van der Waals surface area contributed by atoms with Gasteiger partial charge in [0.05, 0.1) is 24.5 Å². The lowest BCUT2D eigenvalue weighted by Gasteiger charge is -2.36. The molecule has 3 saturated heterocycles. The molecule has 3 fully saturated rings. The van der Waals surface area contributed by atoms with Gasteiger partial charge in [-0.15, -0.1) is 6.58 Å². The van der Waals surface area contributed by atoms with Crippen LogP contribution in [-0.2, 0) is 23.9 Å². The highest BCUT2D eigenvalue weighted by Gasteiger charge is 2.75. The second-order valence-corrected chi connectivity index (χ2v) is 9.77. The van der Waals surface area contributed by atoms with Crippen LogP contribution in [-0.4, -0.2) is 71.8 Å². The zero-order valence-electron chi connectivity index (χ0n) is 20.0. The van der Waals surface area contributed by atoms with Crippen LogP contribution in [0.2, 0.25) is 5.02 Å². The van der Waals surface area contributed by atoms with Crippen molar-refractivity contribution in [1.82, 2.24) is 4.90 Å². The van der Waals surface area contributed by atoms with E-state index in [4.69, 9.17) is 26.2 Å². The van der Waals surface area contributed by atoms with Gasteiger partial charge in [0.2, 0.25) is 5.91 Å². The SMILES string of the molecule is C=CCN(C(=O)[C@@H]1N(CCCCCO)C(=O)[C@H]2[C@H](C(=O)OCC)[C@@H]3CC[C@]12O3)c1ccc(Cl)cc1. The van der Waals surface area contributed by atoms with Crippen LogP contribution in [0.5, 0.6) is 0 Å². The Morgan fingerprint density at radius 1 is 1.31 bits per heavy atom. The number of rotatable bonds is 11. The Labute approximate surface area is 210 Å². The molecule has 2 amide bonds. The predicted octanol–water partition coefficient (Wildman–Crippen LogP) is 2.96. The Morgan fingerprint density at radius 2 is 2.06 bits per heavy atom. The highest BCUT2D eigenvalue weighted by atomic mass is 35.5. The molecule has 0 aromatic heterocycles. The lowest BCUT2D eigenvalue weighted by atomic mass is 9.70. The van der Waals surface area contributed by atoms with Crippen molar-refractivity contribution in [3.8, 4) is 0 Å². The maximum absolute atomic E-state index is 14.2. The number of fused-ring (bicyclic) bond motifs is 1. The summed E-state index contributed by atoms with van der Waals surface area (Å²) in [5.41, 5.74) is -0.430. The number of hydrogen-bond acceptors (Lipinski definition) is 6. The molecule has 4 rings (SSSR count). The van der Waals surface area contributed by atoms with Gasteiger partial charge in [0.25, 0.3) is 5.91 Å². The van der Waals surface area contributed by atoms with Crippen LogP contribution in [0.25, 0.3) is 0 Å². The fraction of sp³-hybridized carbons (Fsp3) is 0.577. The molecule has 1 N–H and O–H groups in total. The van der Waals surface area contributed by atoms with E-state index in [0.29, 0.717) is 42.9 Å². The number of unbranched alkanes of at least 4 members (excludes halogenated alkanes) is 2. The third-order valence-electron chi connectivity index (χ3n) is 7.37. The Hall–Kier alpha value is -2.42. The highest BCUT2D eigenvalue weighted by Crippen LogP contribution is 2.59. The van der Waals surface area contributed by atoms with Crippen LogP contribution in [0, 0.1) is 11.8 Å². The van der Waals surface area contributed by atoms with Crippen molar-refractivity contribution in [2.24, 2.45) is 11.8 Å². The second kappa shape index (κ2) is 10.7. The van der Waals surface area contributed by atoms with E-state index in [1.54, 1.807) is 47.1 Å². The van der Waals surface area contributed by atoms with E-state index < -0.39 is 35.6 Å². The molecular weight excluding hydrogens is 472 g/mol. The predicted molar refractivity (Wildman–Crippen MR) is 131 cm³/mol. The number of aliphatic hydroxyl groups is 1. The summed E-state index contributed by atoms with van der Waals surface area (Å²) in [4.78, 5) is 44.1. The van der Waals surface area contributed by atoms with Crippen LogP contribution >= 0.6 is 11.6 Å². The van der Waals surface area contributed by atoms with E-state index >= 15 is 0 Å². The highest BCUT2D eigenvalue weighted by molar-refractivity contribution is 6.30. The van der Waals surface area contributed by atoms with Gasteiger partial charge in [-0.05, 0) is 63.3 Å². The second-order valence-electron chi connectivity index (χ2n) is 9.34. The van der Waals surface area contributed by atoms with E-state index in [1.165, 1.54) is 0 Å². The standard InChI is InChI=1S/C26H33ClN2O6/c1-3-14-28(18-10-8-17(27)9-11-18)24(32)22-26-13-12-19(35-26)20(25(33)34-4-2)21(26)23(31)29(22)15-6-5-7-16-30/h3,8-11,19-22,30H,1,4-7,12-16H2,2H3/t19-,20+,21+,22-,26+/m0/s1. The van der Waals surface area contributed by atoms with Gasteiger partial charge in [-0.25, -0.2) is 0 Å². The molecule has 0 radical (unpaired) electrons. The van der Waals surface area contributed by atoms with Crippen molar-refractivity contribution in [3.05, 3.63) is 41.9 Å². The van der Waals surface area contributed by atoms with Crippen LogP contribution in [0.15, 0.2) is 36.9 Å². The molecule has 1 aromatic carbocycles. The first-order valence-electron chi connectivity index (χ1n) is 12.3. The van der Waals surface area contributed by atoms with Gasteiger partial charge in [0.15, 0.2) is 0 Å². The summed E-state index contributed by atoms with van der Waals surface area (Å²) in [6, 6.07) is 6.07. The number of anilines is 1. The normalized spacial score (nSPS) is 28.8. The summed E-state index contributed by atoms with van der Waals surface area (Å²) in [5, 5.41) is 9.71. The van der Waals surface area contributed by atoms with Crippen molar-refractivity contribution < 1.29 is 29.0 Å². The maximum atomic E-state index is 14.2. The zero-order valence-corrected chi connectivity index (χ0v) is 20.8. The van der Waals surface area contributed by atoms with Crippen molar-refractivity contribution in [1.29, 1.82) is 0 Å². The number of carbonyl (C=O) groups is 3. The molecule has 2 bridgehead atoms. The number of carbonyl (C=O) groups excluding carboxylic acids is 3. The molecule has 8 nitrogen and oxygen atoms in total. The fourth-order valence-electron chi connectivity index (χ4n) is 5.97. The van der Waals surface area contributed by atoms with Crippen LogP contribution < -0.4 is 4.90 Å². The van der Waals surface area contributed by atoms with E-state index in [9.17, 15) is 14.4 Å². The first-order chi connectivity index (χ1) is 16.9. The largest absolute Gasteiger partial charge is 0.466 e. The molecule has 1 aromatic rings. The van der Waals surface area contributed by atoms with Gasteiger partial charge in [0.1, 0.15) is 11.6 Å². The van der Waals surface area contributed by atoms with Gasteiger partial charge in [-0.3, -0.25) is 14.4 Å². The molecule has 9 heteroatoms. The number of ether oxygens (including phenoxy) is 2. The summed E-state index contributed by atoms with van der Waals surface area (Å²) < 4.78 is 11.7. The molecule has 0 unspecified atom stereocenters. The monoisotopic (exact) mass is 504 g/mol. The summed E-state index contributed by atoms with van der Waals surface area (Å²) in [6.45, 7) is 6.42. The van der Waals surface area contributed by atoms with Crippen molar-refractivity contribution >= 4 is 35.1 Å². The van der Waals surface area contributed by atoms with Gasteiger partial charge < -0.3 is 24.4 Å². The zero-order chi connectivity index (χ0) is 25.2. The Morgan fingerprint density at radius 3 is 2.71 bits per heavy atom. The molecule has 3 heterocycles. The van der Waals surface area contributed by atoms with E-state index in [1.807, 2.05) is 0 Å². The molecule has 190 valence electrons. The van der Waals surface area contributed by atoms with E-state index in [-0.39, 0.29) is 31.6 Å². The first kappa shape index (κ1) is 25.7. The minimum Gasteiger partial charge on any atom is -0.466 e. The summed E-state index contributed by atoms with van der Waals surface area (Å²) >= 11 is 6.06. The average Bonchev–Trinajstić information content (AvgIpc) is 3.48. The minimum absolute atomic E-state index is 0.0717. The summed E-state index contributed by atoms with van der Waals surface area (Å²) in [5.74, 6) is -2.40. The molecule has 3 aliphatic rings. The quantitative estimate of drug-likeness (QED) is 0.283. The molecule has 1 spiro atoms. The smallest absolute Gasteiger partial charge is 0.312 e. The molecule has 35 heavy (non-hydrogen) atoms. The molecule has 0 saturated carbocycles. The van der Waals surface area contributed by atoms with Crippen LogP contribution in [0.4, 0.5) is 5.69 Å². The fourth-order valence-corrected chi connectivity index (χ4v) is 6.10. The third-order valence-corrected chi connectivity index (χ3v) is 7.62. The van der Waals surface area contributed by atoms with Crippen molar-refractivity contribution in [3.63, 3.8) is 0 Å². The number of esters is 1. The van der Waals surface area contributed by atoms with Gasteiger partial charge in [-0.1, -0.05) is 17.7 Å². The number of halogens is 1. The number of nitrogens with zero attached hydrogens (tertiary/aromatic N) is 2. The molecular formula is C26H33ClN2O6. The van der Waals surface area contributed by atoms with Crippen molar-refractivity contribution in [2.45, 2.75) is 56.8 Å². The Kier molecular flexibility index (Phi) is 7.83. The number of aliphatic hydroxyl groups excluding tert-OH is 1. The lowest BCUT2D eigenvalue weighted by molar-refractivity contribution is -0.154.